The molecule has 0 aliphatic carbocycles. The standard InChI is InChI=1S/C16H18N2O4S/c1-17(14-9-5-4-6-10-14)16(19)13-8-7-11-15(12-13)23(20,21)18(2)22-3/h4-12H,1-3H3. The minimum atomic E-state index is -3.80. The van der Waals surface area contributed by atoms with Crippen LogP contribution in [0.4, 0.5) is 5.69 Å². The molecule has 0 bridgehead atoms. The van der Waals surface area contributed by atoms with Gasteiger partial charge in [-0.2, -0.15) is 0 Å². The van der Waals surface area contributed by atoms with Crippen LogP contribution < -0.4 is 4.90 Å². The highest BCUT2D eigenvalue weighted by molar-refractivity contribution is 7.89. The van der Waals surface area contributed by atoms with Gasteiger partial charge in [-0.25, -0.2) is 8.42 Å². The monoisotopic (exact) mass is 334 g/mol. The smallest absolute Gasteiger partial charge is 0.264 e. The van der Waals surface area contributed by atoms with Crippen molar-refractivity contribution < 1.29 is 18.0 Å². The van der Waals surface area contributed by atoms with Crippen LogP contribution >= 0.6 is 0 Å². The summed E-state index contributed by atoms with van der Waals surface area (Å²) >= 11 is 0. The molecule has 0 unspecified atom stereocenters. The number of carbonyl (C=O) groups is 1. The topological polar surface area (TPSA) is 66.9 Å². The van der Waals surface area contributed by atoms with Crippen molar-refractivity contribution in [3.05, 3.63) is 60.2 Å². The first kappa shape index (κ1) is 17.1. The van der Waals surface area contributed by atoms with Crippen LogP contribution in [0.2, 0.25) is 0 Å². The van der Waals surface area contributed by atoms with Gasteiger partial charge in [0.2, 0.25) is 0 Å². The van der Waals surface area contributed by atoms with Gasteiger partial charge in [0, 0.05) is 25.3 Å². The minimum Gasteiger partial charge on any atom is -0.311 e. The van der Waals surface area contributed by atoms with E-state index in [4.69, 9.17) is 4.84 Å². The first-order valence-corrected chi connectivity index (χ1v) is 8.28. The van der Waals surface area contributed by atoms with E-state index >= 15 is 0 Å². The molecule has 0 aliphatic rings. The molecular weight excluding hydrogens is 316 g/mol. The third-order valence-corrected chi connectivity index (χ3v) is 5.10. The Hall–Kier alpha value is -2.22. The van der Waals surface area contributed by atoms with E-state index in [9.17, 15) is 13.2 Å². The Bertz CT molecular complexity index is 791. The molecule has 0 radical (unpaired) electrons. The van der Waals surface area contributed by atoms with Gasteiger partial charge >= 0.3 is 0 Å². The lowest BCUT2D eigenvalue weighted by Gasteiger charge is -2.18. The van der Waals surface area contributed by atoms with Crippen molar-refractivity contribution in [2.75, 3.05) is 26.1 Å². The SMILES string of the molecule is CON(C)S(=O)(=O)c1cccc(C(=O)N(C)c2ccccc2)c1. The predicted molar refractivity (Wildman–Crippen MR) is 87.6 cm³/mol. The van der Waals surface area contributed by atoms with Gasteiger partial charge in [-0.15, -0.1) is 0 Å². The van der Waals surface area contributed by atoms with Crippen LogP contribution in [-0.2, 0) is 14.9 Å². The second kappa shape index (κ2) is 6.91. The van der Waals surface area contributed by atoms with Crippen LogP contribution in [-0.4, -0.2) is 40.0 Å². The summed E-state index contributed by atoms with van der Waals surface area (Å²) in [5.74, 6) is -0.298. The van der Waals surface area contributed by atoms with Crippen molar-refractivity contribution in [1.82, 2.24) is 4.47 Å². The van der Waals surface area contributed by atoms with E-state index in [0.717, 1.165) is 10.2 Å². The highest BCUT2D eigenvalue weighted by atomic mass is 32.2. The first-order valence-electron chi connectivity index (χ1n) is 6.84. The molecule has 0 aliphatic heterocycles. The molecule has 2 rings (SSSR count). The summed E-state index contributed by atoms with van der Waals surface area (Å²) in [6, 6.07) is 15.0. The van der Waals surface area contributed by atoms with Crippen LogP contribution in [0.3, 0.4) is 0 Å². The molecule has 7 heteroatoms. The first-order chi connectivity index (χ1) is 10.9. The number of nitrogens with zero attached hydrogens (tertiary/aromatic N) is 2. The van der Waals surface area contributed by atoms with E-state index in [2.05, 4.69) is 0 Å². The molecule has 2 aromatic carbocycles. The van der Waals surface area contributed by atoms with E-state index in [1.54, 1.807) is 25.2 Å². The quantitative estimate of drug-likeness (QED) is 0.786. The number of hydrogen-bond acceptors (Lipinski definition) is 4. The summed E-state index contributed by atoms with van der Waals surface area (Å²) in [6.07, 6.45) is 0. The predicted octanol–water partition coefficient (Wildman–Crippen LogP) is 2.15. The van der Waals surface area contributed by atoms with Crippen LogP contribution in [0.5, 0.6) is 0 Å². The number of carbonyl (C=O) groups excluding carboxylic acids is 1. The molecule has 0 saturated carbocycles. The molecule has 23 heavy (non-hydrogen) atoms. The van der Waals surface area contributed by atoms with Gasteiger partial charge in [0.1, 0.15) is 0 Å². The fourth-order valence-electron chi connectivity index (χ4n) is 2.00. The molecule has 0 spiro atoms. The maximum Gasteiger partial charge on any atom is 0.264 e. The lowest BCUT2D eigenvalue weighted by Crippen LogP contribution is -2.28. The number of hydroxylamine groups is 1. The normalized spacial score (nSPS) is 11.5. The molecule has 122 valence electrons. The number of amides is 1. The molecule has 0 N–H and O–H groups in total. The van der Waals surface area contributed by atoms with Crippen LogP contribution in [0, 0.1) is 0 Å². The number of sulfonamides is 1. The van der Waals surface area contributed by atoms with Gasteiger partial charge in [0.05, 0.1) is 12.0 Å². The largest absolute Gasteiger partial charge is 0.311 e. The molecule has 1 amide bonds. The second-order valence-corrected chi connectivity index (χ2v) is 6.76. The summed E-state index contributed by atoms with van der Waals surface area (Å²) < 4.78 is 25.3. The maximum atomic E-state index is 12.5. The number of rotatable bonds is 5. The zero-order chi connectivity index (χ0) is 17.0. The van der Waals surface area contributed by atoms with Crippen LogP contribution in [0.1, 0.15) is 10.4 Å². The van der Waals surface area contributed by atoms with Crippen molar-refractivity contribution in [3.8, 4) is 0 Å². The lowest BCUT2D eigenvalue weighted by molar-refractivity contribution is -0.0258. The number of hydrogen-bond donors (Lipinski definition) is 0. The molecule has 6 nitrogen and oxygen atoms in total. The lowest BCUT2D eigenvalue weighted by atomic mass is 10.2. The third-order valence-electron chi connectivity index (χ3n) is 3.42. The van der Waals surface area contributed by atoms with E-state index in [1.807, 2.05) is 18.2 Å². The highest BCUT2D eigenvalue weighted by Crippen LogP contribution is 2.19. The molecule has 2 aromatic rings. The molecule has 0 aromatic heterocycles. The summed E-state index contributed by atoms with van der Waals surface area (Å²) in [7, 11) is 0.395. The van der Waals surface area contributed by atoms with Gasteiger partial charge in [0.25, 0.3) is 15.9 Å². The summed E-state index contributed by atoms with van der Waals surface area (Å²) in [4.78, 5) is 18.7. The Morgan fingerprint density at radius 3 is 2.26 bits per heavy atom. The van der Waals surface area contributed by atoms with Gasteiger partial charge in [0.15, 0.2) is 0 Å². The molecular formula is C16H18N2O4S. The fraction of sp³-hybridized carbons (Fsp3) is 0.188. The van der Waals surface area contributed by atoms with Gasteiger partial charge < -0.3 is 4.90 Å². The van der Waals surface area contributed by atoms with Crippen molar-refractivity contribution in [1.29, 1.82) is 0 Å². The Morgan fingerprint density at radius 1 is 1.00 bits per heavy atom. The maximum absolute atomic E-state index is 12.5. The third kappa shape index (κ3) is 3.58. The summed E-state index contributed by atoms with van der Waals surface area (Å²) in [5, 5.41) is 0. The number of para-hydroxylation sites is 1. The van der Waals surface area contributed by atoms with Crippen molar-refractivity contribution in [2.24, 2.45) is 0 Å². The van der Waals surface area contributed by atoms with Crippen LogP contribution in [0.25, 0.3) is 0 Å². The second-order valence-electron chi connectivity index (χ2n) is 4.82. The number of anilines is 1. The molecule has 0 heterocycles. The van der Waals surface area contributed by atoms with Gasteiger partial charge in [-0.1, -0.05) is 28.7 Å². The van der Waals surface area contributed by atoms with Gasteiger partial charge in [-0.05, 0) is 30.3 Å². The Balaban J connectivity index is 2.35. The van der Waals surface area contributed by atoms with E-state index in [0.29, 0.717) is 0 Å². The van der Waals surface area contributed by atoms with Crippen molar-refractivity contribution in [3.63, 3.8) is 0 Å². The molecule has 0 saturated heterocycles. The van der Waals surface area contributed by atoms with Crippen LogP contribution in [0.15, 0.2) is 59.5 Å². The summed E-state index contributed by atoms with van der Waals surface area (Å²) in [5.41, 5.74) is 1.00. The molecule has 0 fully saturated rings. The average molecular weight is 334 g/mol. The average Bonchev–Trinajstić information content (AvgIpc) is 2.60. The van der Waals surface area contributed by atoms with E-state index in [1.165, 1.54) is 37.3 Å². The van der Waals surface area contributed by atoms with Crippen molar-refractivity contribution >= 4 is 21.6 Å². The Kier molecular flexibility index (Phi) is 5.15. The van der Waals surface area contributed by atoms with Gasteiger partial charge in [-0.3, -0.25) is 9.63 Å². The Morgan fingerprint density at radius 2 is 1.65 bits per heavy atom. The molecule has 0 atom stereocenters. The number of benzene rings is 2. The van der Waals surface area contributed by atoms with E-state index in [-0.39, 0.29) is 16.4 Å². The summed E-state index contributed by atoms with van der Waals surface area (Å²) in [6.45, 7) is 0. The zero-order valence-electron chi connectivity index (χ0n) is 13.1. The highest BCUT2D eigenvalue weighted by Gasteiger charge is 2.22. The van der Waals surface area contributed by atoms with E-state index < -0.39 is 10.0 Å². The van der Waals surface area contributed by atoms with Crippen molar-refractivity contribution in [2.45, 2.75) is 4.90 Å². The zero-order valence-corrected chi connectivity index (χ0v) is 13.9. The fourth-order valence-corrected chi connectivity index (χ4v) is 3.02. The Labute approximate surface area is 135 Å². The minimum absolute atomic E-state index is 0.00541.